The van der Waals surface area contributed by atoms with Crippen molar-refractivity contribution in [2.45, 2.75) is 13.0 Å². The molecular formula is C12H14N6S. The molecule has 3 rings (SSSR count). The highest BCUT2D eigenvalue weighted by Crippen LogP contribution is 2.30. The molecule has 7 heteroatoms. The van der Waals surface area contributed by atoms with Crippen LogP contribution in [0.25, 0.3) is 11.0 Å². The molecule has 3 aromatic rings. The molecule has 6 nitrogen and oxygen atoms in total. The van der Waals surface area contributed by atoms with Gasteiger partial charge in [0, 0.05) is 11.9 Å². The fourth-order valence-corrected chi connectivity index (χ4v) is 2.84. The van der Waals surface area contributed by atoms with E-state index in [1.165, 1.54) is 4.88 Å². The lowest BCUT2D eigenvalue weighted by Crippen LogP contribution is -2.22. The number of nitrogens with two attached hydrogens (primary N) is 1. The molecule has 0 aliphatic heterocycles. The second-order valence-electron chi connectivity index (χ2n) is 4.34. The van der Waals surface area contributed by atoms with Crippen LogP contribution in [0, 0.1) is 0 Å². The smallest absolute Gasteiger partial charge is 0.224 e. The summed E-state index contributed by atoms with van der Waals surface area (Å²) in [4.78, 5) is 11.8. The number of hydrogen-bond acceptors (Lipinski definition) is 6. The van der Waals surface area contributed by atoms with Gasteiger partial charge in [0.2, 0.25) is 5.95 Å². The Labute approximate surface area is 114 Å². The quantitative estimate of drug-likeness (QED) is 0.765. The SMILES string of the molecule is CC(c1cccs1)N(C)c1nc(N)nc2[nH]ncc12. The Morgan fingerprint density at radius 1 is 1.42 bits per heavy atom. The number of nitrogens with zero attached hydrogens (tertiary/aromatic N) is 4. The lowest BCUT2D eigenvalue weighted by atomic mass is 10.2. The minimum Gasteiger partial charge on any atom is -0.368 e. The van der Waals surface area contributed by atoms with Crippen molar-refractivity contribution >= 4 is 34.1 Å². The number of rotatable bonds is 3. The van der Waals surface area contributed by atoms with E-state index >= 15 is 0 Å². The number of aromatic amines is 1. The maximum absolute atomic E-state index is 5.75. The van der Waals surface area contributed by atoms with Crippen LogP contribution < -0.4 is 10.6 Å². The highest BCUT2D eigenvalue weighted by Gasteiger charge is 2.18. The zero-order chi connectivity index (χ0) is 13.4. The van der Waals surface area contributed by atoms with Gasteiger partial charge < -0.3 is 10.6 Å². The average molecular weight is 274 g/mol. The number of nitrogen functional groups attached to an aromatic ring is 1. The average Bonchev–Trinajstić information content (AvgIpc) is 3.06. The van der Waals surface area contributed by atoms with Gasteiger partial charge in [-0.3, -0.25) is 5.10 Å². The van der Waals surface area contributed by atoms with Crippen molar-refractivity contribution in [2.75, 3.05) is 17.7 Å². The van der Waals surface area contributed by atoms with E-state index in [2.05, 4.69) is 43.4 Å². The third kappa shape index (κ3) is 2.01. The van der Waals surface area contributed by atoms with Crippen LogP contribution in [0.2, 0.25) is 0 Å². The van der Waals surface area contributed by atoms with Gasteiger partial charge in [-0.1, -0.05) is 6.07 Å². The monoisotopic (exact) mass is 274 g/mol. The van der Waals surface area contributed by atoms with E-state index in [1.54, 1.807) is 17.5 Å². The van der Waals surface area contributed by atoms with Crippen LogP contribution in [-0.4, -0.2) is 27.2 Å². The van der Waals surface area contributed by atoms with Crippen molar-refractivity contribution in [1.82, 2.24) is 20.2 Å². The molecular weight excluding hydrogens is 260 g/mol. The van der Waals surface area contributed by atoms with E-state index in [-0.39, 0.29) is 12.0 Å². The Morgan fingerprint density at radius 3 is 3.00 bits per heavy atom. The van der Waals surface area contributed by atoms with E-state index in [0.717, 1.165) is 11.2 Å². The molecule has 3 aromatic heterocycles. The molecule has 3 N–H and O–H groups in total. The zero-order valence-electron chi connectivity index (χ0n) is 10.7. The lowest BCUT2D eigenvalue weighted by molar-refractivity contribution is 0.745. The number of thiophene rings is 1. The van der Waals surface area contributed by atoms with Gasteiger partial charge in [-0.15, -0.1) is 11.3 Å². The lowest BCUT2D eigenvalue weighted by Gasteiger charge is -2.25. The molecule has 0 amide bonds. The molecule has 3 heterocycles. The van der Waals surface area contributed by atoms with Gasteiger partial charge in [0.25, 0.3) is 0 Å². The van der Waals surface area contributed by atoms with Gasteiger partial charge in [0.05, 0.1) is 17.6 Å². The summed E-state index contributed by atoms with van der Waals surface area (Å²) >= 11 is 1.73. The van der Waals surface area contributed by atoms with Crippen LogP contribution >= 0.6 is 11.3 Å². The minimum atomic E-state index is 0.215. The van der Waals surface area contributed by atoms with Gasteiger partial charge in [-0.25, -0.2) is 0 Å². The summed E-state index contributed by atoms with van der Waals surface area (Å²) in [5.74, 6) is 1.04. The molecule has 98 valence electrons. The van der Waals surface area contributed by atoms with E-state index in [0.29, 0.717) is 5.65 Å². The molecule has 1 unspecified atom stereocenters. The van der Waals surface area contributed by atoms with Crippen LogP contribution in [0.4, 0.5) is 11.8 Å². The summed E-state index contributed by atoms with van der Waals surface area (Å²) in [6.45, 7) is 2.13. The predicted octanol–water partition coefficient (Wildman–Crippen LogP) is 2.19. The van der Waals surface area contributed by atoms with E-state index < -0.39 is 0 Å². The summed E-state index contributed by atoms with van der Waals surface area (Å²) < 4.78 is 0. The fraction of sp³-hybridized carbons (Fsp3) is 0.250. The first-order valence-corrected chi connectivity index (χ1v) is 6.77. The van der Waals surface area contributed by atoms with Crippen molar-refractivity contribution in [3.05, 3.63) is 28.6 Å². The van der Waals surface area contributed by atoms with Gasteiger partial charge in [0.15, 0.2) is 5.65 Å². The fourth-order valence-electron chi connectivity index (χ4n) is 2.01. The Morgan fingerprint density at radius 2 is 2.26 bits per heavy atom. The highest BCUT2D eigenvalue weighted by molar-refractivity contribution is 7.10. The molecule has 0 aliphatic rings. The second kappa shape index (κ2) is 4.51. The van der Waals surface area contributed by atoms with Crippen molar-refractivity contribution < 1.29 is 0 Å². The number of hydrogen-bond donors (Lipinski definition) is 2. The molecule has 0 aliphatic carbocycles. The number of H-pyrrole nitrogens is 1. The molecule has 0 spiro atoms. The van der Waals surface area contributed by atoms with Gasteiger partial charge in [0.1, 0.15) is 5.82 Å². The van der Waals surface area contributed by atoms with Crippen molar-refractivity contribution in [1.29, 1.82) is 0 Å². The van der Waals surface area contributed by atoms with E-state index in [9.17, 15) is 0 Å². The first kappa shape index (κ1) is 11.9. The second-order valence-corrected chi connectivity index (χ2v) is 5.32. The van der Waals surface area contributed by atoms with Crippen molar-refractivity contribution in [3.63, 3.8) is 0 Å². The zero-order valence-corrected chi connectivity index (χ0v) is 11.5. The minimum absolute atomic E-state index is 0.215. The molecule has 19 heavy (non-hydrogen) atoms. The van der Waals surface area contributed by atoms with Gasteiger partial charge >= 0.3 is 0 Å². The van der Waals surface area contributed by atoms with Crippen LogP contribution in [-0.2, 0) is 0 Å². The number of anilines is 2. The van der Waals surface area contributed by atoms with Crippen LogP contribution in [0.5, 0.6) is 0 Å². The standard InChI is InChI=1S/C12H14N6S/c1-7(9-4-3-5-19-9)18(2)11-8-6-14-17-10(8)15-12(13)16-11/h3-7H,1-2H3,(H3,13,14,15,16,17). The summed E-state index contributed by atoms with van der Waals surface area (Å²) in [5, 5.41) is 9.77. The molecule has 0 fully saturated rings. The molecule has 0 aromatic carbocycles. The number of nitrogens with one attached hydrogen (secondary N) is 1. The summed E-state index contributed by atoms with van der Waals surface area (Å²) in [6, 6.07) is 4.38. The largest absolute Gasteiger partial charge is 0.368 e. The highest BCUT2D eigenvalue weighted by atomic mass is 32.1. The van der Waals surface area contributed by atoms with E-state index in [1.807, 2.05) is 13.1 Å². The van der Waals surface area contributed by atoms with Crippen molar-refractivity contribution in [2.24, 2.45) is 0 Å². The Hall–Kier alpha value is -2.15. The van der Waals surface area contributed by atoms with Crippen LogP contribution in [0.1, 0.15) is 17.8 Å². The Kier molecular flexibility index (Phi) is 2.83. The maximum atomic E-state index is 5.75. The molecule has 0 radical (unpaired) electrons. The van der Waals surface area contributed by atoms with Gasteiger partial charge in [-0.05, 0) is 18.4 Å². The molecule has 0 saturated heterocycles. The first-order chi connectivity index (χ1) is 9.16. The first-order valence-electron chi connectivity index (χ1n) is 5.89. The molecule has 1 atom stereocenters. The van der Waals surface area contributed by atoms with Crippen LogP contribution in [0.15, 0.2) is 23.7 Å². The summed E-state index contributed by atoms with van der Waals surface area (Å²) in [7, 11) is 2.00. The maximum Gasteiger partial charge on any atom is 0.224 e. The Balaban J connectivity index is 2.06. The molecule has 0 saturated carbocycles. The summed E-state index contributed by atoms with van der Waals surface area (Å²) in [6.07, 6.45) is 1.72. The van der Waals surface area contributed by atoms with Gasteiger partial charge in [-0.2, -0.15) is 15.1 Å². The third-order valence-corrected chi connectivity index (χ3v) is 4.22. The normalized spacial score (nSPS) is 12.7. The number of aromatic nitrogens is 4. The van der Waals surface area contributed by atoms with Crippen molar-refractivity contribution in [3.8, 4) is 0 Å². The van der Waals surface area contributed by atoms with Crippen LogP contribution in [0.3, 0.4) is 0 Å². The molecule has 0 bridgehead atoms. The summed E-state index contributed by atoms with van der Waals surface area (Å²) in [5.41, 5.74) is 6.41. The third-order valence-electron chi connectivity index (χ3n) is 3.18. The Bertz CT molecular complexity index is 689. The predicted molar refractivity (Wildman–Crippen MR) is 77.2 cm³/mol. The topological polar surface area (TPSA) is 83.7 Å². The number of fused-ring (bicyclic) bond motifs is 1. The van der Waals surface area contributed by atoms with E-state index in [4.69, 9.17) is 5.73 Å².